The van der Waals surface area contributed by atoms with Gasteiger partial charge >= 0.3 is 0 Å². The lowest BCUT2D eigenvalue weighted by Gasteiger charge is -2.21. The van der Waals surface area contributed by atoms with E-state index in [1.54, 1.807) is 26.4 Å². The lowest BCUT2D eigenvalue weighted by atomic mass is 9.86. The third kappa shape index (κ3) is 3.02. The van der Waals surface area contributed by atoms with Gasteiger partial charge in [0.25, 0.3) is 0 Å². The van der Waals surface area contributed by atoms with Crippen molar-refractivity contribution in [2.45, 2.75) is 32.1 Å². The minimum atomic E-state index is 0.0390. The van der Waals surface area contributed by atoms with Crippen LogP contribution in [0.15, 0.2) is 12.1 Å². The number of carbonyl (C=O) groups excluding carboxylic acids is 1. The van der Waals surface area contributed by atoms with Crippen molar-refractivity contribution < 1.29 is 14.3 Å². The molecule has 0 saturated heterocycles. The molecule has 1 aromatic carbocycles. The Balaban J connectivity index is 1.67. The molecule has 0 aliphatic heterocycles. The molecule has 2 aliphatic rings. The van der Waals surface area contributed by atoms with Gasteiger partial charge in [-0.2, -0.15) is 0 Å². The summed E-state index contributed by atoms with van der Waals surface area (Å²) in [6.07, 6.45) is 5.76. The number of amides is 1. The topological polar surface area (TPSA) is 47.6 Å². The first-order valence-electron chi connectivity index (χ1n) is 7.82. The molecule has 1 amide bonds. The Labute approximate surface area is 136 Å². The van der Waals surface area contributed by atoms with Gasteiger partial charge in [0, 0.05) is 12.5 Å². The number of hydrogen-bond donors (Lipinski definition) is 1. The number of ether oxygens (including phenoxy) is 2. The van der Waals surface area contributed by atoms with Crippen LogP contribution >= 0.6 is 11.6 Å². The number of nitrogens with one attached hydrogen (secondary N) is 1. The van der Waals surface area contributed by atoms with Gasteiger partial charge in [-0.1, -0.05) is 18.0 Å². The maximum absolute atomic E-state index is 12.3. The lowest BCUT2D eigenvalue weighted by Crippen LogP contribution is -2.20. The fourth-order valence-corrected chi connectivity index (χ4v) is 4.26. The Morgan fingerprint density at radius 2 is 2.00 bits per heavy atom. The molecule has 1 aromatic rings. The smallest absolute Gasteiger partial charge is 0.224 e. The van der Waals surface area contributed by atoms with Crippen LogP contribution in [0, 0.1) is 17.8 Å². The number of carbonyl (C=O) groups is 1. The Kier molecular flexibility index (Phi) is 4.48. The van der Waals surface area contributed by atoms with Crippen LogP contribution in [-0.2, 0) is 4.79 Å². The maximum atomic E-state index is 12.3. The summed E-state index contributed by atoms with van der Waals surface area (Å²) in [4.78, 5) is 12.3. The van der Waals surface area contributed by atoms with Crippen molar-refractivity contribution in [2.24, 2.45) is 17.8 Å². The van der Waals surface area contributed by atoms with Crippen LogP contribution < -0.4 is 14.8 Å². The van der Waals surface area contributed by atoms with E-state index in [4.69, 9.17) is 21.1 Å². The molecule has 3 atom stereocenters. The zero-order chi connectivity index (χ0) is 15.7. The third-order valence-electron chi connectivity index (χ3n) is 5.08. The molecular weight excluding hydrogens is 302 g/mol. The van der Waals surface area contributed by atoms with E-state index in [0.717, 1.165) is 11.8 Å². The van der Waals surface area contributed by atoms with Gasteiger partial charge in [0.05, 0.1) is 24.9 Å². The largest absolute Gasteiger partial charge is 0.495 e. The van der Waals surface area contributed by atoms with Crippen LogP contribution in [0.2, 0.25) is 5.02 Å². The number of fused-ring (bicyclic) bond motifs is 2. The van der Waals surface area contributed by atoms with E-state index < -0.39 is 0 Å². The zero-order valence-electron chi connectivity index (χ0n) is 13.0. The zero-order valence-corrected chi connectivity index (χ0v) is 13.8. The summed E-state index contributed by atoms with van der Waals surface area (Å²) in [6.45, 7) is 0. The molecule has 0 heterocycles. The first kappa shape index (κ1) is 15.5. The molecule has 22 heavy (non-hydrogen) atoms. The number of benzene rings is 1. The molecule has 2 bridgehead atoms. The van der Waals surface area contributed by atoms with Gasteiger partial charge in [0.15, 0.2) is 0 Å². The quantitative estimate of drug-likeness (QED) is 0.886. The first-order chi connectivity index (χ1) is 10.6. The average molecular weight is 324 g/mol. The molecule has 2 fully saturated rings. The summed E-state index contributed by atoms with van der Waals surface area (Å²) >= 11 is 6.13. The maximum Gasteiger partial charge on any atom is 0.224 e. The lowest BCUT2D eigenvalue weighted by molar-refractivity contribution is -0.117. The highest BCUT2D eigenvalue weighted by atomic mass is 35.5. The number of rotatable bonds is 5. The molecular formula is C17H22ClNO3. The summed E-state index contributed by atoms with van der Waals surface area (Å²) in [5, 5.41) is 3.39. The van der Waals surface area contributed by atoms with Crippen LogP contribution in [0.3, 0.4) is 0 Å². The van der Waals surface area contributed by atoms with Crippen LogP contribution in [0.25, 0.3) is 0 Å². The van der Waals surface area contributed by atoms with Gasteiger partial charge in [0.2, 0.25) is 5.91 Å². The summed E-state index contributed by atoms with van der Waals surface area (Å²) in [5.41, 5.74) is 0.599. The fraction of sp³-hybridized carbons (Fsp3) is 0.588. The van der Waals surface area contributed by atoms with Gasteiger partial charge in [0.1, 0.15) is 11.5 Å². The number of anilines is 1. The molecule has 2 aliphatic carbocycles. The Hall–Kier alpha value is -1.42. The highest BCUT2D eigenvalue weighted by molar-refractivity contribution is 6.32. The van der Waals surface area contributed by atoms with Crippen molar-refractivity contribution in [3.8, 4) is 11.5 Å². The minimum Gasteiger partial charge on any atom is -0.495 e. The number of hydrogen-bond acceptors (Lipinski definition) is 3. The summed E-state index contributed by atoms with van der Waals surface area (Å²) < 4.78 is 10.5. The van der Waals surface area contributed by atoms with Gasteiger partial charge < -0.3 is 14.8 Å². The van der Waals surface area contributed by atoms with E-state index in [1.807, 2.05) is 0 Å². The molecule has 0 aromatic heterocycles. The van der Waals surface area contributed by atoms with E-state index in [1.165, 1.54) is 25.7 Å². The average Bonchev–Trinajstić information content (AvgIpc) is 3.10. The second-order valence-electron chi connectivity index (χ2n) is 6.37. The van der Waals surface area contributed by atoms with Gasteiger partial charge in [-0.3, -0.25) is 4.79 Å². The standard InChI is InChI=1S/C17H22ClNO3/c1-21-15-9-16(22-2)14(8-13(15)18)19-17(20)7-12-6-10-3-4-11(12)5-10/h8-12H,3-7H2,1-2H3,(H,19,20)/t10-,11-,12+/m1/s1. The van der Waals surface area contributed by atoms with E-state index in [-0.39, 0.29) is 5.91 Å². The fourth-order valence-electron chi connectivity index (χ4n) is 4.02. The Morgan fingerprint density at radius 1 is 1.23 bits per heavy atom. The van der Waals surface area contributed by atoms with E-state index >= 15 is 0 Å². The molecule has 0 radical (unpaired) electrons. The summed E-state index contributed by atoms with van der Waals surface area (Å²) in [6, 6.07) is 3.37. The molecule has 120 valence electrons. The molecule has 3 rings (SSSR count). The molecule has 2 saturated carbocycles. The summed E-state index contributed by atoms with van der Waals surface area (Å²) in [7, 11) is 3.11. The SMILES string of the molecule is COc1cc(OC)c(NC(=O)C[C@@H]2C[C@@H]3CC[C@@H]2C3)cc1Cl. The predicted molar refractivity (Wildman–Crippen MR) is 86.7 cm³/mol. The Bertz CT molecular complexity index is 575. The summed E-state index contributed by atoms with van der Waals surface area (Å²) in [5.74, 6) is 3.27. The van der Waals surface area contributed by atoms with Crippen LogP contribution in [0.1, 0.15) is 32.1 Å². The van der Waals surface area contributed by atoms with Crippen molar-refractivity contribution in [3.05, 3.63) is 17.2 Å². The van der Waals surface area contributed by atoms with Gasteiger partial charge in [-0.25, -0.2) is 0 Å². The highest BCUT2D eigenvalue weighted by Crippen LogP contribution is 2.49. The van der Waals surface area contributed by atoms with Crippen molar-refractivity contribution in [1.82, 2.24) is 0 Å². The van der Waals surface area contributed by atoms with E-state index in [9.17, 15) is 4.79 Å². The van der Waals surface area contributed by atoms with E-state index in [0.29, 0.717) is 34.5 Å². The van der Waals surface area contributed by atoms with Crippen molar-refractivity contribution >= 4 is 23.2 Å². The van der Waals surface area contributed by atoms with E-state index in [2.05, 4.69) is 5.32 Å². The van der Waals surface area contributed by atoms with Crippen LogP contribution in [0.5, 0.6) is 11.5 Å². The van der Waals surface area contributed by atoms with Crippen molar-refractivity contribution in [2.75, 3.05) is 19.5 Å². The van der Waals surface area contributed by atoms with Crippen LogP contribution in [-0.4, -0.2) is 20.1 Å². The van der Waals surface area contributed by atoms with Crippen molar-refractivity contribution in [3.63, 3.8) is 0 Å². The van der Waals surface area contributed by atoms with Crippen molar-refractivity contribution in [1.29, 1.82) is 0 Å². The normalized spacial score (nSPS) is 26.0. The predicted octanol–water partition coefficient (Wildman–Crippen LogP) is 4.12. The second kappa shape index (κ2) is 6.37. The second-order valence-corrected chi connectivity index (χ2v) is 6.78. The third-order valence-corrected chi connectivity index (χ3v) is 5.38. The first-order valence-corrected chi connectivity index (χ1v) is 8.20. The monoisotopic (exact) mass is 323 g/mol. The van der Waals surface area contributed by atoms with Crippen LogP contribution in [0.4, 0.5) is 5.69 Å². The number of halogens is 1. The molecule has 0 spiro atoms. The highest BCUT2D eigenvalue weighted by Gasteiger charge is 2.40. The minimum absolute atomic E-state index is 0.0390. The Morgan fingerprint density at radius 3 is 2.59 bits per heavy atom. The molecule has 1 N–H and O–H groups in total. The molecule has 5 heteroatoms. The molecule has 4 nitrogen and oxygen atoms in total. The number of methoxy groups -OCH3 is 2. The molecule has 0 unspecified atom stereocenters. The van der Waals surface area contributed by atoms with Gasteiger partial charge in [-0.05, 0) is 43.1 Å². The van der Waals surface area contributed by atoms with Gasteiger partial charge in [-0.15, -0.1) is 0 Å².